The third kappa shape index (κ3) is 3.43. The van der Waals surface area contributed by atoms with E-state index in [2.05, 4.69) is 15.6 Å². The first-order chi connectivity index (χ1) is 11.0. The Labute approximate surface area is 138 Å². The number of nitrogens with one attached hydrogen (secondary N) is 1. The monoisotopic (exact) mass is 330 g/mol. The molecule has 0 aliphatic rings. The van der Waals surface area contributed by atoms with Gasteiger partial charge in [0.2, 0.25) is 6.10 Å². The van der Waals surface area contributed by atoms with Gasteiger partial charge in [-0.2, -0.15) is 0 Å². The molecule has 1 amide bonds. The van der Waals surface area contributed by atoms with Gasteiger partial charge in [0.25, 0.3) is 5.91 Å². The number of carbonyl (C=O) groups excluding carboxylic acids is 1. The SMILES string of the molecule is Cc1cccc(NC(=O)[C@@H](C)On2nnc3ccc(Cl)cc32)c1. The summed E-state index contributed by atoms with van der Waals surface area (Å²) >= 11 is 5.97. The highest BCUT2D eigenvalue weighted by atomic mass is 35.5. The number of rotatable bonds is 4. The average molecular weight is 331 g/mol. The van der Waals surface area contributed by atoms with Crippen molar-refractivity contribution >= 4 is 34.2 Å². The first kappa shape index (κ1) is 15.3. The molecule has 118 valence electrons. The minimum absolute atomic E-state index is 0.277. The number of aryl methyl sites for hydroxylation is 1. The van der Waals surface area contributed by atoms with Crippen LogP contribution in [0, 0.1) is 6.92 Å². The molecule has 3 rings (SSSR count). The van der Waals surface area contributed by atoms with E-state index in [9.17, 15) is 4.79 Å². The van der Waals surface area contributed by atoms with Gasteiger partial charge >= 0.3 is 0 Å². The Morgan fingerprint density at radius 2 is 2.13 bits per heavy atom. The van der Waals surface area contributed by atoms with Gasteiger partial charge in [0.15, 0.2) is 0 Å². The molecule has 1 atom stereocenters. The average Bonchev–Trinajstić information content (AvgIpc) is 2.89. The predicted octanol–water partition coefficient (Wildman–Crippen LogP) is 2.85. The van der Waals surface area contributed by atoms with Gasteiger partial charge in [-0.25, -0.2) is 0 Å². The number of fused-ring (bicyclic) bond motifs is 1. The zero-order valence-electron chi connectivity index (χ0n) is 12.7. The van der Waals surface area contributed by atoms with Crippen molar-refractivity contribution in [2.75, 3.05) is 5.32 Å². The van der Waals surface area contributed by atoms with E-state index in [1.54, 1.807) is 25.1 Å². The Morgan fingerprint density at radius 3 is 2.91 bits per heavy atom. The van der Waals surface area contributed by atoms with E-state index in [0.29, 0.717) is 16.1 Å². The number of anilines is 1. The van der Waals surface area contributed by atoms with Gasteiger partial charge in [0.1, 0.15) is 11.0 Å². The predicted molar refractivity (Wildman–Crippen MR) is 88.4 cm³/mol. The van der Waals surface area contributed by atoms with Gasteiger partial charge in [-0.3, -0.25) is 4.79 Å². The molecule has 7 heteroatoms. The van der Waals surface area contributed by atoms with E-state index in [1.165, 1.54) is 4.85 Å². The second-order valence-electron chi connectivity index (χ2n) is 5.20. The minimum atomic E-state index is -0.751. The number of benzene rings is 2. The molecule has 0 spiro atoms. The summed E-state index contributed by atoms with van der Waals surface area (Å²) in [5, 5.41) is 11.2. The van der Waals surface area contributed by atoms with Crippen molar-refractivity contribution in [2.24, 2.45) is 0 Å². The number of amides is 1. The summed E-state index contributed by atoms with van der Waals surface area (Å²) in [4.78, 5) is 19.0. The summed E-state index contributed by atoms with van der Waals surface area (Å²) in [5.74, 6) is -0.277. The maximum Gasteiger partial charge on any atom is 0.267 e. The van der Waals surface area contributed by atoms with Gasteiger partial charge in [0.05, 0.1) is 0 Å². The van der Waals surface area contributed by atoms with Crippen LogP contribution in [0.25, 0.3) is 11.0 Å². The number of carbonyl (C=O) groups is 1. The van der Waals surface area contributed by atoms with Crippen LogP contribution in [0.3, 0.4) is 0 Å². The Kier molecular flexibility index (Phi) is 4.16. The van der Waals surface area contributed by atoms with E-state index < -0.39 is 6.10 Å². The summed E-state index contributed by atoms with van der Waals surface area (Å²) in [6.07, 6.45) is -0.751. The summed E-state index contributed by atoms with van der Waals surface area (Å²) in [6.45, 7) is 3.60. The number of nitrogens with zero attached hydrogens (tertiary/aromatic N) is 3. The summed E-state index contributed by atoms with van der Waals surface area (Å²) in [7, 11) is 0. The Balaban J connectivity index is 1.73. The van der Waals surface area contributed by atoms with Crippen LogP contribution in [0.5, 0.6) is 0 Å². The smallest absolute Gasteiger partial charge is 0.267 e. The first-order valence-corrected chi connectivity index (χ1v) is 7.46. The minimum Gasteiger partial charge on any atom is -0.382 e. The largest absolute Gasteiger partial charge is 0.382 e. The lowest BCUT2D eigenvalue weighted by Crippen LogP contribution is -2.35. The molecule has 1 aromatic heterocycles. The van der Waals surface area contributed by atoms with E-state index in [-0.39, 0.29) is 5.91 Å². The molecule has 3 aromatic rings. The normalized spacial score (nSPS) is 12.1. The third-order valence-corrected chi connectivity index (χ3v) is 3.53. The molecule has 0 bridgehead atoms. The van der Waals surface area contributed by atoms with Gasteiger partial charge < -0.3 is 10.2 Å². The quantitative estimate of drug-likeness (QED) is 0.798. The lowest BCUT2D eigenvalue weighted by Gasteiger charge is -2.14. The van der Waals surface area contributed by atoms with Crippen LogP contribution in [-0.2, 0) is 4.79 Å². The van der Waals surface area contributed by atoms with Crippen molar-refractivity contribution in [3.8, 4) is 0 Å². The summed E-state index contributed by atoms with van der Waals surface area (Å²) in [6, 6.07) is 12.7. The number of aromatic nitrogens is 3. The molecule has 0 aliphatic carbocycles. The highest BCUT2D eigenvalue weighted by molar-refractivity contribution is 6.31. The summed E-state index contributed by atoms with van der Waals surface area (Å²) in [5.41, 5.74) is 3.03. The van der Waals surface area contributed by atoms with Crippen molar-refractivity contribution in [3.05, 3.63) is 53.1 Å². The van der Waals surface area contributed by atoms with Crippen LogP contribution < -0.4 is 10.2 Å². The van der Waals surface area contributed by atoms with Crippen molar-refractivity contribution in [1.29, 1.82) is 0 Å². The van der Waals surface area contributed by atoms with Crippen LogP contribution in [0.2, 0.25) is 5.02 Å². The molecule has 0 saturated carbocycles. The molecule has 0 unspecified atom stereocenters. The lowest BCUT2D eigenvalue weighted by molar-refractivity contribution is -0.127. The molecule has 0 saturated heterocycles. The van der Waals surface area contributed by atoms with Gasteiger partial charge in [-0.1, -0.05) is 28.6 Å². The maximum absolute atomic E-state index is 12.2. The van der Waals surface area contributed by atoms with Crippen LogP contribution in [0.15, 0.2) is 42.5 Å². The van der Waals surface area contributed by atoms with Gasteiger partial charge in [-0.05, 0) is 55.0 Å². The maximum atomic E-state index is 12.2. The van der Waals surface area contributed by atoms with Crippen molar-refractivity contribution < 1.29 is 9.63 Å². The van der Waals surface area contributed by atoms with Crippen molar-refractivity contribution in [3.63, 3.8) is 0 Å². The van der Waals surface area contributed by atoms with E-state index in [0.717, 1.165) is 11.3 Å². The van der Waals surface area contributed by atoms with E-state index in [4.69, 9.17) is 16.4 Å². The van der Waals surface area contributed by atoms with Crippen LogP contribution in [0.4, 0.5) is 5.69 Å². The molecular weight excluding hydrogens is 316 g/mol. The van der Waals surface area contributed by atoms with Crippen LogP contribution in [-0.4, -0.2) is 27.2 Å². The van der Waals surface area contributed by atoms with Crippen molar-refractivity contribution in [1.82, 2.24) is 15.2 Å². The Hall–Kier alpha value is -2.60. The lowest BCUT2D eigenvalue weighted by atomic mass is 10.2. The molecule has 0 fully saturated rings. The topological polar surface area (TPSA) is 69.0 Å². The Morgan fingerprint density at radius 1 is 1.30 bits per heavy atom. The number of halogens is 1. The molecule has 0 aliphatic heterocycles. The molecule has 2 aromatic carbocycles. The first-order valence-electron chi connectivity index (χ1n) is 7.08. The van der Waals surface area contributed by atoms with Crippen LogP contribution in [0.1, 0.15) is 12.5 Å². The van der Waals surface area contributed by atoms with E-state index in [1.807, 2.05) is 31.2 Å². The molecule has 0 radical (unpaired) electrons. The van der Waals surface area contributed by atoms with Crippen molar-refractivity contribution in [2.45, 2.75) is 20.0 Å². The molecular formula is C16H15ClN4O2. The fraction of sp³-hybridized carbons (Fsp3) is 0.188. The zero-order chi connectivity index (χ0) is 16.4. The molecule has 1 heterocycles. The highest BCUT2D eigenvalue weighted by Crippen LogP contribution is 2.17. The molecule has 23 heavy (non-hydrogen) atoms. The zero-order valence-corrected chi connectivity index (χ0v) is 13.4. The number of hydrogen-bond donors (Lipinski definition) is 1. The van der Waals surface area contributed by atoms with Gasteiger partial charge in [-0.15, -0.1) is 5.10 Å². The Bertz CT molecular complexity index is 862. The molecule has 1 N–H and O–H groups in total. The summed E-state index contributed by atoms with van der Waals surface area (Å²) < 4.78 is 0. The van der Waals surface area contributed by atoms with Crippen LogP contribution >= 0.6 is 11.6 Å². The number of hydrogen-bond acceptors (Lipinski definition) is 4. The molecule has 6 nitrogen and oxygen atoms in total. The third-order valence-electron chi connectivity index (χ3n) is 3.29. The second-order valence-corrected chi connectivity index (χ2v) is 5.64. The highest BCUT2D eigenvalue weighted by Gasteiger charge is 2.17. The van der Waals surface area contributed by atoms with E-state index >= 15 is 0 Å². The standard InChI is InChI=1S/C16H15ClN4O2/c1-10-4-3-5-13(8-10)18-16(22)11(2)23-21-15-9-12(17)6-7-14(15)19-20-21/h3-9,11H,1-2H3,(H,18,22)/t11-/m1/s1. The fourth-order valence-electron chi connectivity index (χ4n) is 2.11. The second kappa shape index (κ2) is 6.26. The fourth-order valence-corrected chi connectivity index (χ4v) is 2.28. The van der Waals surface area contributed by atoms with Gasteiger partial charge in [0, 0.05) is 10.7 Å².